The Bertz CT molecular complexity index is 1180. The lowest BCUT2D eigenvalue weighted by Crippen LogP contribution is -2.18. The third kappa shape index (κ3) is 5.02. The number of aliphatic hydroxyl groups excluding tert-OH is 1. The highest BCUT2D eigenvalue weighted by Gasteiger charge is 2.25. The van der Waals surface area contributed by atoms with E-state index in [0.717, 1.165) is 0 Å². The monoisotopic (exact) mass is 470 g/mol. The Labute approximate surface area is 196 Å². The van der Waals surface area contributed by atoms with Crippen LogP contribution in [-0.4, -0.2) is 17.8 Å². The van der Waals surface area contributed by atoms with Crippen molar-refractivity contribution in [3.05, 3.63) is 88.5 Å². The summed E-state index contributed by atoms with van der Waals surface area (Å²) in [5.74, 6) is -3.98. The summed E-state index contributed by atoms with van der Waals surface area (Å²) < 4.78 is 63.1. The fourth-order valence-electron chi connectivity index (χ4n) is 4.39. The van der Waals surface area contributed by atoms with Gasteiger partial charge in [-0.3, -0.25) is 0 Å². The zero-order valence-corrected chi connectivity index (χ0v) is 18.8. The first-order chi connectivity index (χ1) is 16.4. The maximum Gasteiger partial charge on any atom is 0.201 e. The van der Waals surface area contributed by atoms with E-state index in [-0.39, 0.29) is 35.5 Å². The molecule has 1 aliphatic carbocycles. The van der Waals surface area contributed by atoms with Crippen LogP contribution in [0.2, 0.25) is 0 Å². The summed E-state index contributed by atoms with van der Waals surface area (Å²) in [5.41, 5.74) is 1.77. The van der Waals surface area contributed by atoms with Gasteiger partial charge in [0, 0.05) is 11.1 Å². The molecule has 3 aromatic rings. The minimum absolute atomic E-state index is 0.0868. The second-order valence-corrected chi connectivity index (χ2v) is 8.51. The minimum Gasteiger partial charge on any atom is -0.491 e. The Morgan fingerprint density at radius 3 is 2.18 bits per heavy atom. The number of ether oxygens (including phenoxy) is 1. The molecule has 0 bridgehead atoms. The second-order valence-electron chi connectivity index (χ2n) is 8.51. The van der Waals surface area contributed by atoms with Gasteiger partial charge in [-0.1, -0.05) is 48.6 Å². The predicted molar refractivity (Wildman–Crippen MR) is 125 cm³/mol. The van der Waals surface area contributed by atoms with Crippen LogP contribution >= 0.6 is 0 Å². The highest BCUT2D eigenvalue weighted by molar-refractivity contribution is 5.73. The normalized spacial score (nSPS) is 18.4. The topological polar surface area (TPSA) is 29.5 Å². The molecule has 3 aromatic carbocycles. The molecular weight excluding hydrogens is 444 g/mol. The molecule has 4 rings (SSSR count). The van der Waals surface area contributed by atoms with E-state index in [1.165, 1.54) is 18.2 Å². The van der Waals surface area contributed by atoms with Gasteiger partial charge in [0.25, 0.3) is 0 Å². The van der Waals surface area contributed by atoms with E-state index in [4.69, 9.17) is 4.74 Å². The lowest BCUT2D eigenvalue weighted by atomic mass is 9.82. The third-order valence-electron chi connectivity index (χ3n) is 6.30. The van der Waals surface area contributed by atoms with E-state index < -0.39 is 23.3 Å². The Morgan fingerprint density at radius 1 is 0.794 bits per heavy atom. The molecule has 0 amide bonds. The van der Waals surface area contributed by atoms with Crippen molar-refractivity contribution in [3.63, 3.8) is 0 Å². The number of benzene rings is 3. The Hall–Kier alpha value is -3.12. The fraction of sp³-hybridized carbons (Fsp3) is 0.286. The van der Waals surface area contributed by atoms with E-state index in [2.05, 4.69) is 0 Å². The maximum atomic E-state index is 14.7. The Morgan fingerprint density at radius 2 is 1.50 bits per heavy atom. The van der Waals surface area contributed by atoms with Gasteiger partial charge in [-0.15, -0.1) is 0 Å². The van der Waals surface area contributed by atoms with Crippen LogP contribution < -0.4 is 4.74 Å². The molecule has 178 valence electrons. The molecule has 1 saturated carbocycles. The first-order valence-electron chi connectivity index (χ1n) is 11.4. The van der Waals surface area contributed by atoms with Crippen LogP contribution in [0, 0.1) is 23.3 Å². The van der Waals surface area contributed by atoms with Crippen LogP contribution in [-0.2, 0) is 0 Å². The zero-order valence-electron chi connectivity index (χ0n) is 18.8. The molecule has 0 saturated heterocycles. The average molecular weight is 471 g/mol. The van der Waals surface area contributed by atoms with Gasteiger partial charge in [-0.05, 0) is 67.3 Å². The number of halogens is 4. The van der Waals surface area contributed by atoms with Crippen LogP contribution in [0.1, 0.15) is 55.2 Å². The van der Waals surface area contributed by atoms with Gasteiger partial charge in [0.15, 0.2) is 23.2 Å². The molecule has 0 unspecified atom stereocenters. The van der Waals surface area contributed by atoms with Crippen LogP contribution in [0.25, 0.3) is 23.3 Å². The van der Waals surface area contributed by atoms with Crippen molar-refractivity contribution in [1.29, 1.82) is 0 Å². The molecular formula is C28H26F4O2. The van der Waals surface area contributed by atoms with E-state index in [0.29, 0.717) is 42.4 Å². The van der Waals surface area contributed by atoms with Crippen molar-refractivity contribution in [2.75, 3.05) is 6.61 Å². The van der Waals surface area contributed by atoms with Crippen LogP contribution in [0.4, 0.5) is 17.6 Å². The maximum absolute atomic E-state index is 14.7. The van der Waals surface area contributed by atoms with Crippen molar-refractivity contribution in [1.82, 2.24) is 0 Å². The Balaban J connectivity index is 1.51. The lowest BCUT2D eigenvalue weighted by Gasteiger charge is -2.26. The minimum atomic E-state index is -1.03. The van der Waals surface area contributed by atoms with Gasteiger partial charge in [-0.2, -0.15) is 4.39 Å². The average Bonchev–Trinajstić information content (AvgIpc) is 2.84. The fourth-order valence-corrected chi connectivity index (χ4v) is 4.39. The molecule has 0 heterocycles. The molecule has 0 aliphatic heterocycles. The van der Waals surface area contributed by atoms with Crippen molar-refractivity contribution in [3.8, 4) is 16.9 Å². The van der Waals surface area contributed by atoms with Crippen LogP contribution in [0.5, 0.6) is 5.75 Å². The SMILES string of the molecule is CCOc1ccc(-c2ccc(/C=C/c3ccc(C4CCC(O)CC4)c(F)c3F)cc2)c(F)c1F. The number of aliphatic hydroxyl groups is 1. The summed E-state index contributed by atoms with van der Waals surface area (Å²) in [6, 6.07) is 12.7. The van der Waals surface area contributed by atoms with Crippen molar-refractivity contribution < 1.29 is 27.4 Å². The standard InChI is InChI=1S/C28H26F4O2/c1-2-34-24-16-15-23(27(31)28(24)32)18-6-3-17(4-7-18)5-8-20-11-14-22(26(30)25(20)29)19-9-12-21(33)13-10-19/h3-8,11,14-16,19,21,33H,2,9-10,12-13H2,1H3/b8-5+. The molecule has 6 heteroatoms. The first kappa shape index (κ1) is 24.0. The third-order valence-corrected chi connectivity index (χ3v) is 6.30. The molecule has 1 fully saturated rings. The highest BCUT2D eigenvalue weighted by Crippen LogP contribution is 2.36. The number of hydrogen-bond acceptors (Lipinski definition) is 2. The quantitative estimate of drug-likeness (QED) is 0.299. The van der Waals surface area contributed by atoms with Crippen molar-refractivity contribution in [2.45, 2.75) is 44.6 Å². The summed E-state index contributed by atoms with van der Waals surface area (Å²) in [7, 11) is 0. The second kappa shape index (κ2) is 10.4. The number of hydrogen-bond donors (Lipinski definition) is 1. The molecule has 0 spiro atoms. The summed E-state index contributed by atoms with van der Waals surface area (Å²) in [5, 5.41) is 9.64. The van der Waals surface area contributed by atoms with Crippen molar-refractivity contribution in [2.24, 2.45) is 0 Å². The highest BCUT2D eigenvalue weighted by atomic mass is 19.2. The molecule has 2 nitrogen and oxygen atoms in total. The van der Waals surface area contributed by atoms with E-state index >= 15 is 0 Å². The molecule has 1 aliphatic rings. The predicted octanol–water partition coefficient (Wildman–Crippen LogP) is 7.50. The van der Waals surface area contributed by atoms with Crippen LogP contribution in [0.15, 0.2) is 48.5 Å². The Kier molecular flexibility index (Phi) is 7.37. The van der Waals surface area contributed by atoms with E-state index in [1.54, 1.807) is 49.4 Å². The van der Waals surface area contributed by atoms with Gasteiger partial charge in [0.2, 0.25) is 5.82 Å². The van der Waals surface area contributed by atoms with Gasteiger partial charge in [-0.25, -0.2) is 13.2 Å². The summed E-state index contributed by atoms with van der Waals surface area (Å²) >= 11 is 0. The molecule has 0 radical (unpaired) electrons. The molecule has 1 N–H and O–H groups in total. The summed E-state index contributed by atoms with van der Waals surface area (Å²) in [4.78, 5) is 0. The van der Waals surface area contributed by atoms with Crippen molar-refractivity contribution >= 4 is 12.2 Å². The lowest BCUT2D eigenvalue weighted by molar-refractivity contribution is 0.122. The number of rotatable bonds is 6. The molecule has 34 heavy (non-hydrogen) atoms. The van der Waals surface area contributed by atoms with E-state index in [1.807, 2.05) is 0 Å². The zero-order chi connectivity index (χ0) is 24.2. The van der Waals surface area contributed by atoms with Crippen LogP contribution in [0.3, 0.4) is 0 Å². The van der Waals surface area contributed by atoms with Gasteiger partial charge in [0.05, 0.1) is 12.7 Å². The van der Waals surface area contributed by atoms with Gasteiger partial charge < -0.3 is 9.84 Å². The molecule has 0 atom stereocenters. The first-order valence-corrected chi connectivity index (χ1v) is 11.4. The van der Waals surface area contributed by atoms with E-state index in [9.17, 15) is 22.7 Å². The largest absolute Gasteiger partial charge is 0.491 e. The summed E-state index contributed by atoms with van der Waals surface area (Å²) in [6.45, 7) is 1.92. The molecule has 0 aromatic heterocycles. The summed E-state index contributed by atoms with van der Waals surface area (Å²) in [6.07, 6.45) is 5.22. The van der Waals surface area contributed by atoms with Gasteiger partial charge in [0.1, 0.15) is 0 Å². The van der Waals surface area contributed by atoms with Gasteiger partial charge >= 0.3 is 0 Å². The smallest absolute Gasteiger partial charge is 0.201 e.